The number of para-hydroxylation sites is 3. The standard InChI is InChI=1S/C22H17FN2O4/c23-18(22(27)25-28)14-15-8-4-6-12-19(15)24-21(26)17-11-5-7-13-20(17)29-16-9-2-1-3-10-16/h1-14,28H,(H,24,26)(H,25,27). The Morgan fingerprint density at radius 3 is 2.31 bits per heavy atom. The van der Waals surface area contributed by atoms with Gasteiger partial charge in [-0.3, -0.25) is 14.8 Å². The van der Waals surface area contributed by atoms with Crippen molar-refractivity contribution in [3.63, 3.8) is 0 Å². The summed E-state index contributed by atoms with van der Waals surface area (Å²) in [6.07, 6.45) is 0.910. The Kier molecular flexibility index (Phi) is 6.34. The van der Waals surface area contributed by atoms with Crippen LogP contribution in [0.2, 0.25) is 0 Å². The minimum Gasteiger partial charge on any atom is -0.457 e. The molecule has 146 valence electrons. The van der Waals surface area contributed by atoms with Crippen LogP contribution in [0, 0.1) is 0 Å². The SMILES string of the molecule is O=C(NO)C(F)=Cc1ccccc1NC(=O)c1ccccc1Oc1ccccc1. The molecule has 2 amide bonds. The molecule has 0 aliphatic rings. The number of carbonyl (C=O) groups is 2. The van der Waals surface area contributed by atoms with Crippen molar-refractivity contribution < 1.29 is 23.9 Å². The lowest BCUT2D eigenvalue weighted by molar-refractivity contribution is -0.126. The lowest BCUT2D eigenvalue weighted by atomic mass is 10.1. The van der Waals surface area contributed by atoms with Crippen LogP contribution in [0.15, 0.2) is 84.7 Å². The minimum absolute atomic E-state index is 0.253. The summed E-state index contributed by atoms with van der Waals surface area (Å²) in [6.45, 7) is 0. The highest BCUT2D eigenvalue weighted by atomic mass is 19.1. The summed E-state index contributed by atoms with van der Waals surface area (Å²) in [7, 11) is 0. The molecule has 3 aromatic rings. The number of halogens is 1. The predicted octanol–water partition coefficient (Wildman–Crippen LogP) is 4.55. The summed E-state index contributed by atoms with van der Waals surface area (Å²) >= 11 is 0. The normalized spacial score (nSPS) is 10.9. The zero-order valence-electron chi connectivity index (χ0n) is 15.1. The van der Waals surface area contributed by atoms with Gasteiger partial charge in [0.25, 0.3) is 5.91 Å². The monoisotopic (exact) mass is 392 g/mol. The molecule has 0 aromatic heterocycles. The maximum absolute atomic E-state index is 13.8. The number of hydrogen-bond donors (Lipinski definition) is 3. The van der Waals surface area contributed by atoms with E-state index in [1.54, 1.807) is 54.6 Å². The maximum atomic E-state index is 13.8. The first-order valence-corrected chi connectivity index (χ1v) is 8.62. The number of hydrogen-bond acceptors (Lipinski definition) is 4. The molecule has 3 aromatic carbocycles. The molecule has 3 N–H and O–H groups in total. The van der Waals surface area contributed by atoms with Crippen LogP contribution in [-0.2, 0) is 4.79 Å². The lowest BCUT2D eigenvalue weighted by Gasteiger charge is -2.13. The molecule has 3 rings (SSSR count). The molecule has 29 heavy (non-hydrogen) atoms. The fourth-order valence-corrected chi connectivity index (χ4v) is 2.54. The molecule has 0 spiro atoms. The Balaban J connectivity index is 1.86. The van der Waals surface area contributed by atoms with E-state index in [0.29, 0.717) is 11.5 Å². The Labute approximate surface area is 166 Å². The molecule has 0 radical (unpaired) electrons. The minimum atomic E-state index is -1.28. The van der Waals surface area contributed by atoms with Gasteiger partial charge in [-0.2, -0.15) is 0 Å². The maximum Gasteiger partial charge on any atom is 0.303 e. The highest BCUT2D eigenvalue weighted by Crippen LogP contribution is 2.27. The third kappa shape index (κ3) is 5.06. The summed E-state index contributed by atoms with van der Waals surface area (Å²) in [6, 6.07) is 22.1. The second kappa shape index (κ2) is 9.29. The number of nitrogens with one attached hydrogen (secondary N) is 2. The molecular formula is C22H17FN2O4. The van der Waals surface area contributed by atoms with Gasteiger partial charge in [-0.15, -0.1) is 0 Å². The van der Waals surface area contributed by atoms with Crippen LogP contribution in [0.4, 0.5) is 10.1 Å². The molecule has 0 saturated carbocycles. The molecule has 0 bridgehead atoms. The van der Waals surface area contributed by atoms with Gasteiger partial charge in [-0.1, -0.05) is 48.5 Å². The summed E-state index contributed by atoms with van der Waals surface area (Å²) in [5, 5.41) is 11.2. The Bertz CT molecular complexity index is 1050. The smallest absolute Gasteiger partial charge is 0.303 e. The van der Waals surface area contributed by atoms with E-state index in [0.717, 1.165) is 6.08 Å². The van der Waals surface area contributed by atoms with Gasteiger partial charge in [-0.05, 0) is 36.4 Å². The van der Waals surface area contributed by atoms with Crippen LogP contribution < -0.4 is 15.5 Å². The number of benzene rings is 3. The number of hydroxylamine groups is 1. The third-order valence-corrected chi connectivity index (χ3v) is 3.91. The van der Waals surface area contributed by atoms with Crippen LogP contribution >= 0.6 is 0 Å². The van der Waals surface area contributed by atoms with Crippen molar-refractivity contribution in [3.05, 3.63) is 95.8 Å². The van der Waals surface area contributed by atoms with Gasteiger partial charge < -0.3 is 10.1 Å². The number of amides is 2. The van der Waals surface area contributed by atoms with Gasteiger partial charge in [0.1, 0.15) is 11.5 Å². The quantitative estimate of drug-likeness (QED) is 0.326. The lowest BCUT2D eigenvalue weighted by Crippen LogP contribution is -2.18. The molecule has 0 aliphatic heterocycles. The molecule has 0 heterocycles. The van der Waals surface area contributed by atoms with E-state index in [1.165, 1.54) is 11.5 Å². The molecule has 0 saturated heterocycles. The highest BCUT2D eigenvalue weighted by molar-refractivity contribution is 6.07. The van der Waals surface area contributed by atoms with Crippen molar-refractivity contribution in [2.24, 2.45) is 0 Å². The molecule has 0 aliphatic carbocycles. The van der Waals surface area contributed by atoms with Crippen molar-refractivity contribution in [3.8, 4) is 11.5 Å². The van der Waals surface area contributed by atoms with Gasteiger partial charge in [0, 0.05) is 11.3 Å². The zero-order valence-corrected chi connectivity index (χ0v) is 15.1. The van der Waals surface area contributed by atoms with Crippen molar-refractivity contribution >= 4 is 23.6 Å². The Hall–Kier alpha value is -3.97. The van der Waals surface area contributed by atoms with Crippen molar-refractivity contribution in [2.75, 3.05) is 5.32 Å². The Morgan fingerprint density at radius 2 is 1.55 bits per heavy atom. The predicted molar refractivity (Wildman–Crippen MR) is 106 cm³/mol. The second-order valence-electron chi connectivity index (χ2n) is 5.89. The van der Waals surface area contributed by atoms with E-state index < -0.39 is 17.6 Å². The first kappa shape index (κ1) is 19.8. The average molecular weight is 392 g/mol. The van der Waals surface area contributed by atoms with E-state index >= 15 is 0 Å². The van der Waals surface area contributed by atoms with Crippen molar-refractivity contribution in [2.45, 2.75) is 0 Å². The first-order chi connectivity index (χ1) is 14.1. The molecule has 6 nitrogen and oxygen atoms in total. The number of carbonyl (C=O) groups excluding carboxylic acids is 2. The van der Waals surface area contributed by atoms with E-state index in [2.05, 4.69) is 5.32 Å². The third-order valence-electron chi connectivity index (χ3n) is 3.91. The number of ether oxygens (including phenoxy) is 1. The molecule has 7 heteroatoms. The molecular weight excluding hydrogens is 375 g/mol. The van der Waals surface area contributed by atoms with Gasteiger partial charge in [0.15, 0.2) is 5.83 Å². The Morgan fingerprint density at radius 1 is 0.897 bits per heavy atom. The molecule has 0 atom stereocenters. The van der Waals surface area contributed by atoms with Gasteiger partial charge in [0.05, 0.1) is 5.56 Å². The number of rotatable bonds is 6. The largest absolute Gasteiger partial charge is 0.457 e. The number of anilines is 1. The molecule has 0 fully saturated rings. The average Bonchev–Trinajstić information content (AvgIpc) is 2.75. The fraction of sp³-hybridized carbons (Fsp3) is 0. The van der Waals surface area contributed by atoms with Gasteiger partial charge in [-0.25, -0.2) is 9.87 Å². The summed E-state index contributed by atoms with van der Waals surface area (Å²) in [5.74, 6) is -2.03. The van der Waals surface area contributed by atoms with Crippen LogP contribution in [0.1, 0.15) is 15.9 Å². The van der Waals surface area contributed by atoms with E-state index in [-0.39, 0.29) is 16.8 Å². The summed E-state index contributed by atoms with van der Waals surface area (Å²) in [4.78, 5) is 24.0. The van der Waals surface area contributed by atoms with Crippen LogP contribution in [0.25, 0.3) is 6.08 Å². The van der Waals surface area contributed by atoms with E-state index in [9.17, 15) is 14.0 Å². The van der Waals surface area contributed by atoms with Gasteiger partial charge in [0.2, 0.25) is 0 Å². The van der Waals surface area contributed by atoms with Crippen LogP contribution in [0.3, 0.4) is 0 Å². The second-order valence-corrected chi connectivity index (χ2v) is 5.89. The fourth-order valence-electron chi connectivity index (χ4n) is 2.54. The van der Waals surface area contributed by atoms with Crippen LogP contribution in [0.5, 0.6) is 11.5 Å². The highest BCUT2D eigenvalue weighted by Gasteiger charge is 2.15. The summed E-state index contributed by atoms with van der Waals surface area (Å²) in [5.41, 5.74) is 2.04. The first-order valence-electron chi connectivity index (χ1n) is 8.62. The summed E-state index contributed by atoms with van der Waals surface area (Å²) < 4.78 is 19.6. The van der Waals surface area contributed by atoms with Gasteiger partial charge >= 0.3 is 5.91 Å². The topological polar surface area (TPSA) is 87.7 Å². The van der Waals surface area contributed by atoms with Crippen LogP contribution in [-0.4, -0.2) is 17.0 Å². The molecule has 0 unspecified atom stereocenters. The zero-order chi connectivity index (χ0) is 20.6. The van der Waals surface area contributed by atoms with E-state index in [1.807, 2.05) is 18.2 Å². The van der Waals surface area contributed by atoms with Crippen molar-refractivity contribution in [1.82, 2.24) is 5.48 Å². The van der Waals surface area contributed by atoms with E-state index in [4.69, 9.17) is 9.94 Å². The van der Waals surface area contributed by atoms with Crippen molar-refractivity contribution in [1.29, 1.82) is 0 Å².